The Kier molecular flexibility index (Phi) is 9.19. The summed E-state index contributed by atoms with van der Waals surface area (Å²) >= 11 is 0. The third-order valence-electron chi connectivity index (χ3n) is 3.97. The lowest BCUT2D eigenvalue weighted by Crippen LogP contribution is -1.88. The standard InChI is InChI=1S/C19H32O/c1-17(2)13-9-7-5-3-4-6-8-10-14-18-15-11-12-16-19(18)20/h11-12,15-17,20H,3-10,13-14H2,1-2H3. The summed E-state index contributed by atoms with van der Waals surface area (Å²) in [4.78, 5) is 0. The second-order valence-corrected chi connectivity index (χ2v) is 6.39. The van der Waals surface area contributed by atoms with Crippen LogP contribution >= 0.6 is 0 Å². The van der Waals surface area contributed by atoms with Gasteiger partial charge in [0.25, 0.3) is 0 Å². The van der Waals surface area contributed by atoms with Crippen LogP contribution in [-0.4, -0.2) is 5.11 Å². The van der Waals surface area contributed by atoms with Gasteiger partial charge < -0.3 is 5.11 Å². The zero-order chi connectivity index (χ0) is 14.6. The van der Waals surface area contributed by atoms with Gasteiger partial charge in [0, 0.05) is 0 Å². The van der Waals surface area contributed by atoms with Crippen molar-refractivity contribution in [1.82, 2.24) is 0 Å². The molecule has 1 N–H and O–H groups in total. The third kappa shape index (κ3) is 8.24. The van der Waals surface area contributed by atoms with Gasteiger partial charge in [0.05, 0.1) is 0 Å². The number of aromatic hydroxyl groups is 1. The van der Waals surface area contributed by atoms with E-state index >= 15 is 0 Å². The van der Waals surface area contributed by atoms with E-state index in [4.69, 9.17) is 0 Å². The molecule has 0 aliphatic heterocycles. The molecule has 0 saturated carbocycles. The van der Waals surface area contributed by atoms with E-state index in [2.05, 4.69) is 13.8 Å². The molecule has 1 heteroatoms. The first-order valence-electron chi connectivity index (χ1n) is 8.47. The van der Waals surface area contributed by atoms with Crippen LogP contribution in [0.1, 0.15) is 77.2 Å². The van der Waals surface area contributed by atoms with E-state index in [-0.39, 0.29) is 0 Å². The van der Waals surface area contributed by atoms with E-state index in [1.807, 2.05) is 18.2 Å². The number of hydrogen-bond donors (Lipinski definition) is 1. The fraction of sp³-hybridized carbons (Fsp3) is 0.684. The van der Waals surface area contributed by atoms with E-state index in [9.17, 15) is 5.11 Å². The third-order valence-corrected chi connectivity index (χ3v) is 3.97. The summed E-state index contributed by atoms with van der Waals surface area (Å²) in [7, 11) is 0. The van der Waals surface area contributed by atoms with Crippen molar-refractivity contribution >= 4 is 0 Å². The van der Waals surface area contributed by atoms with Gasteiger partial charge >= 0.3 is 0 Å². The summed E-state index contributed by atoms with van der Waals surface area (Å²) in [5, 5.41) is 9.67. The van der Waals surface area contributed by atoms with Crippen molar-refractivity contribution in [3.05, 3.63) is 29.8 Å². The van der Waals surface area contributed by atoms with Gasteiger partial charge in [-0.3, -0.25) is 0 Å². The van der Waals surface area contributed by atoms with E-state index < -0.39 is 0 Å². The molecule has 0 unspecified atom stereocenters. The zero-order valence-corrected chi connectivity index (χ0v) is 13.4. The lowest BCUT2D eigenvalue weighted by atomic mass is 10.0. The Morgan fingerprint density at radius 3 is 1.95 bits per heavy atom. The Labute approximate surface area is 125 Å². The first kappa shape index (κ1) is 17.1. The van der Waals surface area contributed by atoms with Crippen LogP contribution in [0.4, 0.5) is 0 Å². The molecule has 0 aromatic heterocycles. The van der Waals surface area contributed by atoms with Crippen molar-refractivity contribution in [3.63, 3.8) is 0 Å². The molecule has 20 heavy (non-hydrogen) atoms. The van der Waals surface area contributed by atoms with Gasteiger partial charge in [-0.2, -0.15) is 0 Å². The molecule has 0 bridgehead atoms. The molecule has 0 fully saturated rings. The van der Waals surface area contributed by atoms with Crippen molar-refractivity contribution < 1.29 is 5.11 Å². The topological polar surface area (TPSA) is 20.2 Å². The minimum Gasteiger partial charge on any atom is -0.508 e. The second kappa shape index (κ2) is 10.8. The van der Waals surface area contributed by atoms with Gasteiger partial charge in [0.2, 0.25) is 0 Å². The molecule has 0 aliphatic carbocycles. The highest BCUT2D eigenvalue weighted by molar-refractivity contribution is 5.31. The maximum atomic E-state index is 9.67. The molecule has 0 atom stereocenters. The Balaban J connectivity index is 1.89. The molecule has 1 aromatic carbocycles. The maximum absolute atomic E-state index is 9.67. The average molecular weight is 276 g/mol. The molecule has 0 radical (unpaired) electrons. The van der Waals surface area contributed by atoms with E-state index in [0.29, 0.717) is 5.75 Å². The lowest BCUT2D eigenvalue weighted by molar-refractivity contribution is 0.465. The number of phenolic OH excluding ortho intramolecular Hbond substituents is 1. The highest BCUT2D eigenvalue weighted by atomic mass is 16.3. The number of phenols is 1. The molecule has 0 aliphatic rings. The summed E-state index contributed by atoms with van der Waals surface area (Å²) in [5.41, 5.74) is 1.10. The fourth-order valence-electron chi connectivity index (χ4n) is 2.65. The number of hydrogen-bond acceptors (Lipinski definition) is 1. The average Bonchev–Trinajstić information content (AvgIpc) is 2.42. The number of rotatable bonds is 11. The molecule has 0 saturated heterocycles. The highest BCUT2D eigenvalue weighted by Crippen LogP contribution is 2.19. The SMILES string of the molecule is CC(C)CCCCCCCCCCc1ccccc1O. The number of para-hydroxylation sites is 1. The van der Waals surface area contributed by atoms with Crippen LogP contribution in [-0.2, 0) is 6.42 Å². The van der Waals surface area contributed by atoms with E-state index in [1.165, 1.54) is 57.8 Å². The predicted octanol–water partition coefficient (Wildman–Crippen LogP) is 6.10. The summed E-state index contributed by atoms with van der Waals surface area (Å²) in [6, 6.07) is 7.71. The molecule has 114 valence electrons. The number of aryl methyl sites for hydroxylation is 1. The fourth-order valence-corrected chi connectivity index (χ4v) is 2.65. The normalized spacial score (nSPS) is 11.2. The first-order chi connectivity index (χ1) is 9.70. The molecule has 0 heterocycles. The Bertz CT molecular complexity index is 343. The lowest BCUT2D eigenvalue weighted by Gasteiger charge is -2.05. The Morgan fingerprint density at radius 2 is 1.35 bits per heavy atom. The molecule has 1 rings (SSSR count). The first-order valence-corrected chi connectivity index (χ1v) is 8.47. The van der Waals surface area contributed by atoms with E-state index in [0.717, 1.165) is 17.9 Å². The monoisotopic (exact) mass is 276 g/mol. The largest absolute Gasteiger partial charge is 0.508 e. The van der Waals surface area contributed by atoms with Gasteiger partial charge in [-0.05, 0) is 30.4 Å². The Morgan fingerprint density at radius 1 is 0.800 bits per heavy atom. The van der Waals surface area contributed by atoms with Gasteiger partial charge in [-0.1, -0.05) is 83.4 Å². The van der Waals surface area contributed by atoms with E-state index in [1.54, 1.807) is 6.07 Å². The van der Waals surface area contributed by atoms with Crippen LogP contribution in [0.5, 0.6) is 5.75 Å². The van der Waals surface area contributed by atoms with Crippen LogP contribution in [0, 0.1) is 5.92 Å². The second-order valence-electron chi connectivity index (χ2n) is 6.39. The van der Waals surface area contributed by atoms with Crippen LogP contribution < -0.4 is 0 Å². The van der Waals surface area contributed by atoms with Crippen LogP contribution in [0.3, 0.4) is 0 Å². The number of unbranched alkanes of at least 4 members (excludes halogenated alkanes) is 7. The smallest absolute Gasteiger partial charge is 0.118 e. The summed E-state index contributed by atoms with van der Waals surface area (Å²) in [5.74, 6) is 1.32. The van der Waals surface area contributed by atoms with Gasteiger partial charge in [-0.15, -0.1) is 0 Å². The molecule has 1 aromatic rings. The van der Waals surface area contributed by atoms with Crippen LogP contribution in [0.25, 0.3) is 0 Å². The molecular formula is C19H32O. The van der Waals surface area contributed by atoms with Gasteiger partial charge in [0.1, 0.15) is 5.75 Å². The van der Waals surface area contributed by atoms with Crippen molar-refractivity contribution in [1.29, 1.82) is 0 Å². The Hall–Kier alpha value is -0.980. The summed E-state index contributed by atoms with van der Waals surface area (Å²) < 4.78 is 0. The van der Waals surface area contributed by atoms with Gasteiger partial charge in [-0.25, -0.2) is 0 Å². The van der Waals surface area contributed by atoms with Crippen LogP contribution in [0.15, 0.2) is 24.3 Å². The highest BCUT2D eigenvalue weighted by Gasteiger charge is 1.99. The number of benzene rings is 1. The van der Waals surface area contributed by atoms with Crippen molar-refractivity contribution in [2.45, 2.75) is 78.1 Å². The summed E-state index contributed by atoms with van der Waals surface area (Å²) in [6.07, 6.45) is 13.2. The molecule has 1 nitrogen and oxygen atoms in total. The minimum atomic E-state index is 0.456. The zero-order valence-electron chi connectivity index (χ0n) is 13.4. The van der Waals surface area contributed by atoms with Crippen molar-refractivity contribution in [2.75, 3.05) is 0 Å². The van der Waals surface area contributed by atoms with Gasteiger partial charge in [0.15, 0.2) is 0 Å². The molecular weight excluding hydrogens is 244 g/mol. The molecule has 0 spiro atoms. The maximum Gasteiger partial charge on any atom is 0.118 e. The quantitative estimate of drug-likeness (QED) is 0.484. The molecule has 0 amide bonds. The summed E-state index contributed by atoms with van der Waals surface area (Å²) in [6.45, 7) is 4.62. The minimum absolute atomic E-state index is 0.456. The van der Waals surface area contributed by atoms with Crippen molar-refractivity contribution in [3.8, 4) is 5.75 Å². The van der Waals surface area contributed by atoms with Crippen LogP contribution in [0.2, 0.25) is 0 Å². The predicted molar refractivity (Wildman–Crippen MR) is 88.2 cm³/mol. The van der Waals surface area contributed by atoms with Crippen molar-refractivity contribution in [2.24, 2.45) is 5.92 Å².